The second-order valence-electron chi connectivity index (χ2n) is 8.24. The van der Waals surface area contributed by atoms with E-state index >= 15 is 0 Å². The number of carbonyl (C=O) groups is 1. The van der Waals surface area contributed by atoms with Crippen molar-refractivity contribution < 1.29 is 4.79 Å². The highest BCUT2D eigenvalue weighted by Gasteiger charge is 2.31. The van der Waals surface area contributed by atoms with Gasteiger partial charge in [0.15, 0.2) is 0 Å². The van der Waals surface area contributed by atoms with Gasteiger partial charge in [0.25, 0.3) is 5.91 Å². The molecule has 1 aliphatic rings. The molecule has 0 bridgehead atoms. The summed E-state index contributed by atoms with van der Waals surface area (Å²) in [5, 5.41) is 0. The average molecular weight is 357 g/mol. The van der Waals surface area contributed by atoms with Crippen molar-refractivity contribution in [2.24, 2.45) is 11.3 Å². The van der Waals surface area contributed by atoms with Crippen LogP contribution in [0.1, 0.15) is 65.8 Å². The Kier molecular flexibility index (Phi) is 5.01. The van der Waals surface area contributed by atoms with E-state index in [1.807, 2.05) is 24.1 Å². The molecule has 4 heteroatoms. The zero-order valence-electron chi connectivity index (χ0n) is 15.9. The van der Waals surface area contributed by atoms with Crippen LogP contribution in [0.25, 0.3) is 0 Å². The van der Waals surface area contributed by atoms with Crippen LogP contribution in [0, 0.1) is 11.3 Å². The van der Waals surface area contributed by atoms with E-state index in [0.29, 0.717) is 11.3 Å². The molecular weight excluding hydrogens is 328 g/mol. The van der Waals surface area contributed by atoms with Crippen molar-refractivity contribution in [1.29, 1.82) is 0 Å². The van der Waals surface area contributed by atoms with Gasteiger partial charge in [0.05, 0.1) is 10.9 Å². The summed E-state index contributed by atoms with van der Waals surface area (Å²) in [6.45, 7) is 9.04. The molecule has 134 valence electrons. The lowest BCUT2D eigenvalue weighted by molar-refractivity contribution is 0.0747. The topological polar surface area (TPSA) is 33.2 Å². The lowest BCUT2D eigenvalue weighted by Gasteiger charge is -2.33. The maximum atomic E-state index is 13.0. The molecule has 2 aromatic rings. The number of rotatable bonds is 3. The number of hydrogen-bond donors (Lipinski definition) is 0. The Labute approximate surface area is 155 Å². The fourth-order valence-electron chi connectivity index (χ4n) is 3.58. The van der Waals surface area contributed by atoms with Crippen molar-refractivity contribution in [3.63, 3.8) is 0 Å². The highest BCUT2D eigenvalue weighted by molar-refractivity contribution is 7.14. The highest BCUT2D eigenvalue weighted by atomic mass is 32.1. The van der Waals surface area contributed by atoms with Crippen LogP contribution in [-0.4, -0.2) is 22.8 Å². The third-order valence-corrected chi connectivity index (χ3v) is 6.83. The molecule has 0 spiro atoms. The Morgan fingerprint density at radius 2 is 2.00 bits per heavy atom. The van der Waals surface area contributed by atoms with E-state index in [4.69, 9.17) is 0 Å². The number of aromatic nitrogens is 1. The lowest BCUT2D eigenvalue weighted by Crippen LogP contribution is -2.29. The van der Waals surface area contributed by atoms with Crippen molar-refractivity contribution in [2.45, 2.75) is 53.0 Å². The van der Waals surface area contributed by atoms with E-state index in [9.17, 15) is 4.79 Å². The summed E-state index contributed by atoms with van der Waals surface area (Å²) in [6, 6.07) is 6.14. The van der Waals surface area contributed by atoms with E-state index in [0.717, 1.165) is 23.3 Å². The molecule has 3 rings (SSSR count). The standard InChI is InChI=1S/C21H28N2OS/c1-14(15-8-10-22-11-9-15)23(5)20(24)19-13-16-12-17(21(2,3)4)6-7-18(16)25-19/h8-11,13-14,17H,6-7,12H2,1-5H3. The monoisotopic (exact) mass is 356 g/mol. The van der Waals surface area contributed by atoms with Gasteiger partial charge in [0.2, 0.25) is 0 Å². The van der Waals surface area contributed by atoms with Crippen LogP contribution in [0.2, 0.25) is 0 Å². The minimum absolute atomic E-state index is 0.0388. The molecule has 0 saturated heterocycles. The molecule has 2 unspecified atom stereocenters. The Hall–Kier alpha value is -1.68. The molecule has 0 radical (unpaired) electrons. The number of pyridine rings is 1. The first-order valence-corrected chi connectivity index (χ1v) is 9.87. The number of hydrogen-bond acceptors (Lipinski definition) is 3. The lowest BCUT2D eigenvalue weighted by atomic mass is 9.72. The molecule has 25 heavy (non-hydrogen) atoms. The van der Waals surface area contributed by atoms with Gasteiger partial charge in [-0.15, -0.1) is 11.3 Å². The van der Waals surface area contributed by atoms with Crippen molar-refractivity contribution in [2.75, 3.05) is 7.05 Å². The van der Waals surface area contributed by atoms with Crippen molar-refractivity contribution in [1.82, 2.24) is 9.88 Å². The number of amides is 1. The number of thiophene rings is 1. The largest absolute Gasteiger partial charge is 0.334 e. The van der Waals surface area contributed by atoms with Gasteiger partial charge in [-0.05, 0) is 66.8 Å². The van der Waals surface area contributed by atoms with Crippen LogP contribution in [0.3, 0.4) is 0 Å². The maximum absolute atomic E-state index is 13.0. The Balaban J connectivity index is 1.77. The number of carbonyl (C=O) groups excluding carboxylic acids is 1. The second-order valence-corrected chi connectivity index (χ2v) is 9.37. The van der Waals surface area contributed by atoms with Crippen LogP contribution in [0.15, 0.2) is 30.6 Å². The molecule has 3 nitrogen and oxygen atoms in total. The summed E-state index contributed by atoms with van der Waals surface area (Å²) in [4.78, 5) is 21.2. The van der Waals surface area contributed by atoms with E-state index < -0.39 is 0 Å². The molecule has 2 atom stereocenters. The zero-order chi connectivity index (χ0) is 18.2. The van der Waals surface area contributed by atoms with Crippen LogP contribution in [0.4, 0.5) is 0 Å². The number of fused-ring (bicyclic) bond motifs is 1. The molecule has 0 aromatic carbocycles. The normalized spacial score (nSPS) is 18.5. The van der Waals surface area contributed by atoms with Crippen molar-refractivity contribution in [3.8, 4) is 0 Å². The first-order valence-electron chi connectivity index (χ1n) is 9.06. The summed E-state index contributed by atoms with van der Waals surface area (Å²) >= 11 is 1.69. The van der Waals surface area contributed by atoms with Crippen LogP contribution in [0.5, 0.6) is 0 Å². The van der Waals surface area contributed by atoms with Gasteiger partial charge in [0.1, 0.15) is 0 Å². The molecule has 0 N–H and O–H groups in total. The van der Waals surface area contributed by atoms with Gasteiger partial charge in [-0.3, -0.25) is 9.78 Å². The summed E-state index contributed by atoms with van der Waals surface area (Å²) in [7, 11) is 1.89. The number of aryl methyl sites for hydroxylation is 1. The second kappa shape index (κ2) is 6.91. The Bertz CT molecular complexity index is 745. The van der Waals surface area contributed by atoms with Crippen LogP contribution in [-0.2, 0) is 12.8 Å². The molecule has 2 aromatic heterocycles. The van der Waals surface area contributed by atoms with Gasteiger partial charge < -0.3 is 4.90 Å². The Morgan fingerprint density at radius 1 is 1.32 bits per heavy atom. The van der Waals surface area contributed by atoms with Gasteiger partial charge in [0, 0.05) is 24.3 Å². The molecular formula is C21H28N2OS. The first-order chi connectivity index (χ1) is 11.8. The summed E-state index contributed by atoms with van der Waals surface area (Å²) in [5.74, 6) is 0.821. The zero-order valence-corrected chi connectivity index (χ0v) is 16.7. The van der Waals surface area contributed by atoms with Gasteiger partial charge in [-0.1, -0.05) is 20.8 Å². The minimum Gasteiger partial charge on any atom is -0.334 e. The summed E-state index contributed by atoms with van der Waals surface area (Å²) in [6.07, 6.45) is 7.00. The van der Waals surface area contributed by atoms with Gasteiger partial charge in [-0.25, -0.2) is 0 Å². The maximum Gasteiger partial charge on any atom is 0.264 e. The Morgan fingerprint density at radius 3 is 2.64 bits per heavy atom. The molecule has 0 fully saturated rings. The quantitative estimate of drug-likeness (QED) is 0.764. The van der Waals surface area contributed by atoms with Gasteiger partial charge in [-0.2, -0.15) is 0 Å². The minimum atomic E-state index is 0.0388. The average Bonchev–Trinajstić information content (AvgIpc) is 3.03. The number of nitrogens with zero attached hydrogens (tertiary/aromatic N) is 2. The van der Waals surface area contributed by atoms with E-state index in [1.54, 1.807) is 23.7 Å². The fraction of sp³-hybridized carbons (Fsp3) is 0.524. The molecule has 0 aliphatic heterocycles. The first kappa shape index (κ1) is 18.1. The van der Waals surface area contributed by atoms with E-state index in [2.05, 4.69) is 38.7 Å². The van der Waals surface area contributed by atoms with Crippen molar-refractivity contribution >= 4 is 17.2 Å². The van der Waals surface area contributed by atoms with Crippen LogP contribution >= 0.6 is 11.3 Å². The fourth-order valence-corrected chi connectivity index (χ4v) is 4.77. The summed E-state index contributed by atoms with van der Waals surface area (Å²) < 4.78 is 0. The third kappa shape index (κ3) is 3.79. The third-order valence-electron chi connectivity index (χ3n) is 5.61. The smallest absolute Gasteiger partial charge is 0.264 e. The predicted octanol–water partition coefficient (Wildman–Crippen LogP) is 5.13. The predicted molar refractivity (Wildman–Crippen MR) is 104 cm³/mol. The summed E-state index contributed by atoms with van der Waals surface area (Å²) in [5.41, 5.74) is 2.83. The van der Waals surface area contributed by atoms with Crippen molar-refractivity contribution in [3.05, 3.63) is 51.5 Å². The molecule has 2 heterocycles. The molecule has 1 amide bonds. The van der Waals surface area contributed by atoms with E-state index in [1.165, 1.54) is 16.9 Å². The SMILES string of the molecule is CC(c1ccncc1)N(C)C(=O)c1cc2c(s1)CCC(C(C)(C)C)C2. The molecule has 0 saturated carbocycles. The van der Waals surface area contributed by atoms with E-state index in [-0.39, 0.29) is 11.9 Å². The van der Waals surface area contributed by atoms with Crippen LogP contribution < -0.4 is 0 Å². The van der Waals surface area contributed by atoms with Gasteiger partial charge >= 0.3 is 0 Å². The highest BCUT2D eigenvalue weighted by Crippen LogP contribution is 2.40. The molecule has 1 aliphatic carbocycles.